The molecule has 1 aliphatic heterocycles. The number of aromatic nitrogens is 4. The molecule has 2 aromatic rings. The van der Waals surface area contributed by atoms with E-state index in [0.717, 1.165) is 31.8 Å². The Labute approximate surface area is 131 Å². The van der Waals surface area contributed by atoms with Gasteiger partial charge in [-0.2, -0.15) is 5.10 Å². The second kappa shape index (κ2) is 6.62. The van der Waals surface area contributed by atoms with Crippen molar-refractivity contribution in [1.82, 2.24) is 24.6 Å². The summed E-state index contributed by atoms with van der Waals surface area (Å²) in [5.41, 5.74) is 2.37. The maximum absolute atomic E-state index is 5.98. The number of ether oxygens (including phenoxy) is 1. The molecule has 0 spiro atoms. The second-order valence-corrected chi connectivity index (χ2v) is 6.03. The Morgan fingerprint density at radius 3 is 3.09 bits per heavy atom. The molecule has 0 unspecified atom stereocenters. The molecule has 0 amide bonds. The van der Waals surface area contributed by atoms with Gasteiger partial charge in [-0.3, -0.25) is 4.68 Å². The molecule has 0 saturated carbocycles. The van der Waals surface area contributed by atoms with Crippen LogP contribution in [-0.2, 0) is 17.8 Å². The van der Waals surface area contributed by atoms with Gasteiger partial charge in [0, 0.05) is 44.2 Å². The summed E-state index contributed by atoms with van der Waals surface area (Å²) in [5.74, 6) is 0. The highest BCUT2D eigenvalue weighted by Gasteiger charge is 2.32. The van der Waals surface area contributed by atoms with E-state index < -0.39 is 0 Å². The Bertz CT molecular complexity index is 603. The van der Waals surface area contributed by atoms with Crippen LogP contribution in [0.1, 0.15) is 50.7 Å². The van der Waals surface area contributed by atoms with Crippen molar-refractivity contribution in [3.05, 3.63) is 36.2 Å². The zero-order chi connectivity index (χ0) is 15.5. The molecule has 3 heterocycles. The highest BCUT2D eigenvalue weighted by atomic mass is 16.5. The van der Waals surface area contributed by atoms with Gasteiger partial charge in [-0.25, -0.2) is 4.98 Å². The molecule has 0 aromatic carbocycles. The van der Waals surface area contributed by atoms with Crippen LogP contribution in [0.25, 0.3) is 0 Å². The minimum absolute atomic E-state index is 0.0721. The molecule has 2 atom stereocenters. The molecule has 1 fully saturated rings. The minimum Gasteiger partial charge on any atom is -0.370 e. The Morgan fingerprint density at radius 2 is 2.32 bits per heavy atom. The quantitative estimate of drug-likeness (QED) is 0.889. The number of hydrogen-bond donors (Lipinski definition) is 1. The minimum atomic E-state index is 0.0721. The predicted octanol–water partition coefficient (Wildman–Crippen LogP) is 2.30. The first kappa shape index (κ1) is 15.2. The SMILES string of the molecule is CCn1cncc1CN[C@H]1CCO[C@@H]1c1ccnn1C(C)C. The summed E-state index contributed by atoms with van der Waals surface area (Å²) in [6.07, 6.45) is 6.77. The van der Waals surface area contributed by atoms with Crippen LogP contribution in [0.15, 0.2) is 24.8 Å². The fourth-order valence-electron chi connectivity index (χ4n) is 3.09. The lowest BCUT2D eigenvalue weighted by Crippen LogP contribution is -2.33. The van der Waals surface area contributed by atoms with Gasteiger partial charge in [0.2, 0.25) is 0 Å². The van der Waals surface area contributed by atoms with Crippen LogP contribution in [0.3, 0.4) is 0 Å². The topological polar surface area (TPSA) is 56.9 Å². The molecular weight excluding hydrogens is 278 g/mol. The zero-order valence-electron chi connectivity index (χ0n) is 13.6. The van der Waals surface area contributed by atoms with E-state index in [1.807, 2.05) is 18.7 Å². The van der Waals surface area contributed by atoms with E-state index in [2.05, 4.69) is 51.5 Å². The number of nitrogens with zero attached hydrogens (tertiary/aromatic N) is 4. The summed E-state index contributed by atoms with van der Waals surface area (Å²) in [6.45, 7) is 8.98. The smallest absolute Gasteiger partial charge is 0.114 e. The van der Waals surface area contributed by atoms with Gasteiger partial charge in [0.25, 0.3) is 0 Å². The third-order valence-corrected chi connectivity index (χ3v) is 4.26. The predicted molar refractivity (Wildman–Crippen MR) is 84.5 cm³/mol. The highest BCUT2D eigenvalue weighted by Crippen LogP contribution is 2.30. The van der Waals surface area contributed by atoms with Gasteiger partial charge in [-0.05, 0) is 33.3 Å². The van der Waals surface area contributed by atoms with Crippen molar-refractivity contribution in [2.45, 2.75) is 58.5 Å². The first-order chi connectivity index (χ1) is 10.7. The largest absolute Gasteiger partial charge is 0.370 e. The maximum atomic E-state index is 5.98. The maximum Gasteiger partial charge on any atom is 0.114 e. The van der Waals surface area contributed by atoms with E-state index in [1.165, 1.54) is 5.69 Å². The number of rotatable bonds is 6. The fourth-order valence-corrected chi connectivity index (χ4v) is 3.09. The molecule has 120 valence electrons. The number of aryl methyl sites for hydroxylation is 1. The lowest BCUT2D eigenvalue weighted by atomic mass is 10.1. The van der Waals surface area contributed by atoms with Gasteiger partial charge >= 0.3 is 0 Å². The van der Waals surface area contributed by atoms with Crippen molar-refractivity contribution >= 4 is 0 Å². The molecule has 6 heteroatoms. The third kappa shape index (κ3) is 2.94. The van der Waals surface area contributed by atoms with Crippen molar-refractivity contribution in [1.29, 1.82) is 0 Å². The summed E-state index contributed by atoms with van der Waals surface area (Å²) >= 11 is 0. The molecule has 0 bridgehead atoms. The van der Waals surface area contributed by atoms with Crippen LogP contribution in [0.4, 0.5) is 0 Å². The van der Waals surface area contributed by atoms with Gasteiger partial charge in [0.15, 0.2) is 0 Å². The van der Waals surface area contributed by atoms with E-state index in [4.69, 9.17) is 4.74 Å². The molecular formula is C16H25N5O. The summed E-state index contributed by atoms with van der Waals surface area (Å²) in [6, 6.07) is 2.73. The van der Waals surface area contributed by atoms with Gasteiger partial charge in [0.1, 0.15) is 6.10 Å². The average molecular weight is 303 g/mol. The second-order valence-electron chi connectivity index (χ2n) is 6.03. The molecule has 3 rings (SSSR count). The zero-order valence-corrected chi connectivity index (χ0v) is 13.6. The third-order valence-electron chi connectivity index (χ3n) is 4.26. The molecule has 1 N–H and O–H groups in total. The Kier molecular flexibility index (Phi) is 4.59. The Balaban J connectivity index is 1.69. The van der Waals surface area contributed by atoms with E-state index in [0.29, 0.717) is 12.1 Å². The summed E-state index contributed by atoms with van der Waals surface area (Å²) in [4.78, 5) is 4.22. The van der Waals surface area contributed by atoms with Crippen molar-refractivity contribution in [3.8, 4) is 0 Å². The summed E-state index contributed by atoms with van der Waals surface area (Å²) < 4.78 is 10.2. The van der Waals surface area contributed by atoms with Gasteiger partial charge in [-0.15, -0.1) is 0 Å². The van der Waals surface area contributed by atoms with Crippen molar-refractivity contribution in [2.24, 2.45) is 0 Å². The van der Waals surface area contributed by atoms with Gasteiger partial charge in [0.05, 0.1) is 17.7 Å². The molecule has 1 aliphatic rings. The number of hydrogen-bond acceptors (Lipinski definition) is 4. The van der Waals surface area contributed by atoms with E-state index in [1.54, 1.807) is 0 Å². The molecule has 1 saturated heterocycles. The van der Waals surface area contributed by atoms with E-state index in [9.17, 15) is 0 Å². The summed E-state index contributed by atoms with van der Waals surface area (Å²) in [7, 11) is 0. The standard InChI is InChI=1S/C16H25N5O/c1-4-20-11-17-9-13(20)10-18-14-6-8-22-16(14)15-5-7-19-21(15)12(2)3/h5,7,9,11-12,14,16,18H,4,6,8,10H2,1-3H3/t14-,16-/m0/s1. The molecule has 6 nitrogen and oxygen atoms in total. The molecule has 22 heavy (non-hydrogen) atoms. The highest BCUT2D eigenvalue weighted by molar-refractivity contribution is 5.11. The molecule has 0 radical (unpaired) electrons. The molecule has 2 aromatic heterocycles. The number of nitrogens with one attached hydrogen (secondary N) is 1. The van der Waals surface area contributed by atoms with Gasteiger partial charge < -0.3 is 14.6 Å². The monoisotopic (exact) mass is 303 g/mol. The first-order valence-corrected chi connectivity index (χ1v) is 8.08. The van der Waals surface area contributed by atoms with Crippen molar-refractivity contribution < 1.29 is 4.74 Å². The van der Waals surface area contributed by atoms with Crippen molar-refractivity contribution in [2.75, 3.05) is 6.61 Å². The van der Waals surface area contributed by atoms with Gasteiger partial charge in [-0.1, -0.05) is 0 Å². The summed E-state index contributed by atoms with van der Waals surface area (Å²) in [5, 5.41) is 8.06. The van der Waals surface area contributed by atoms with E-state index >= 15 is 0 Å². The first-order valence-electron chi connectivity index (χ1n) is 8.08. The van der Waals surface area contributed by atoms with Crippen LogP contribution in [0, 0.1) is 0 Å². The van der Waals surface area contributed by atoms with Crippen LogP contribution in [-0.4, -0.2) is 32.0 Å². The van der Waals surface area contributed by atoms with E-state index in [-0.39, 0.29) is 6.10 Å². The van der Waals surface area contributed by atoms with Crippen LogP contribution in [0.5, 0.6) is 0 Å². The van der Waals surface area contributed by atoms with Crippen molar-refractivity contribution in [3.63, 3.8) is 0 Å². The lowest BCUT2D eigenvalue weighted by Gasteiger charge is -2.22. The lowest BCUT2D eigenvalue weighted by molar-refractivity contribution is 0.0898. The normalized spacial score (nSPS) is 21.8. The van der Waals surface area contributed by atoms with Crippen LogP contribution < -0.4 is 5.32 Å². The molecule has 0 aliphatic carbocycles. The Hall–Kier alpha value is -1.66. The van der Waals surface area contributed by atoms with Crippen LogP contribution >= 0.6 is 0 Å². The fraction of sp³-hybridized carbons (Fsp3) is 0.625. The number of imidazole rings is 1. The average Bonchev–Trinajstić information content (AvgIpc) is 3.23. The van der Waals surface area contributed by atoms with Crippen LogP contribution in [0.2, 0.25) is 0 Å². The Morgan fingerprint density at radius 1 is 1.45 bits per heavy atom.